The van der Waals surface area contributed by atoms with Crippen molar-refractivity contribution < 1.29 is 4.74 Å². The van der Waals surface area contributed by atoms with Gasteiger partial charge in [-0.25, -0.2) is 0 Å². The number of ether oxygens (including phenoxy) is 1. The topological polar surface area (TPSA) is 15.8 Å². The molecule has 0 aliphatic carbocycles. The zero-order valence-corrected chi connectivity index (χ0v) is 12.8. The second-order valence-corrected chi connectivity index (χ2v) is 5.94. The molecule has 0 amide bonds. The molecule has 4 rings (SSSR count). The van der Waals surface area contributed by atoms with Crippen molar-refractivity contribution in [3.63, 3.8) is 0 Å². The van der Waals surface area contributed by atoms with Crippen molar-refractivity contribution in [2.45, 2.75) is 39.0 Å². The largest absolute Gasteiger partial charge is 0.373 e. The molecule has 2 heteroatoms. The van der Waals surface area contributed by atoms with Gasteiger partial charge in [-0.3, -0.25) is 0 Å². The summed E-state index contributed by atoms with van der Waals surface area (Å²) in [5.41, 5.74) is 4.27. The van der Waals surface area contributed by atoms with E-state index in [-0.39, 0.29) is 0 Å². The van der Waals surface area contributed by atoms with Crippen molar-refractivity contribution in [3.05, 3.63) is 65.7 Å². The van der Waals surface area contributed by atoms with Crippen LogP contribution in [0.1, 0.15) is 25.0 Å². The molecular weight excluding hydrogens is 258 g/mol. The van der Waals surface area contributed by atoms with Crippen molar-refractivity contribution in [1.82, 2.24) is 0 Å². The lowest BCUT2D eigenvalue weighted by molar-refractivity contribution is 0.423. The summed E-state index contributed by atoms with van der Waals surface area (Å²) in [6.07, 6.45) is 1.75. The fraction of sp³-hybridized carbons (Fsp3) is 0.368. The van der Waals surface area contributed by atoms with E-state index in [2.05, 4.69) is 73.3 Å². The van der Waals surface area contributed by atoms with Gasteiger partial charge in [-0.15, -0.1) is 0 Å². The lowest BCUT2D eigenvalue weighted by Crippen LogP contribution is -2.28. The van der Waals surface area contributed by atoms with Crippen LogP contribution >= 0.6 is 0 Å². The molecule has 0 N–H and O–H groups in total. The summed E-state index contributed by atoms with van der Waals surface area (Å²) in [6.45, 7) is 6.36. The van der Waals surface area contributed by atoms with Crippen molar-refractivity contribution >= 4 is 5.69 Å². The highest BCUT2D eigenvalue weighted by Gasteiger charge is 2.24. The minimum Gasteiger partial charge on any atom is -0.373 e. The number of nitrogens with zero attached hydrogens (tertiary/aromatic N) is 1. The SMILES string of the molecule is CC1CO1.CC1Cc2ccccc2N1Cc1ccccc1. The van der Waals surface area contributed by atoms with Crippen LogP contribution in [0.4, 0.5) is 5.69 Å². The van der Waals surface area contributed by atoms with E-state index in [1.807, 2.05) is 0 Å². The minimum atomic E-state index is 0.583. The molecule has 0 bridgehead atoms. The van der Waals surface area contributed by atoms with Gasteiger partial charge in [-0.2, -0.15) is 0 Å². The Morgan fingerprint density at radius 2 is 1.62 bits per heavy atom. The number of hydrogen-bond donors (Lipinski definition) is 0. The van der Waals surface area contributed by atoms with Gasteiger partial charge in [-0.1, -0.05) is 48.5 Å². The fourth-order valence-corrected chi connectivity index (χ4v) is 2.75. The van der Waals surface area contributed by atoms with Gasteiger partial charge >= 0.3 is 0 Å². The van der Waals surface area contributed by atoms with Crippen LogP contribution in [-0.4, -0.2) is 18.8 Å². The Labute approximate surface area is 127 Å². The van der Waals surface area contributed by atoms with Crippen LogP contribution in [0.5, 0.6) is 0 Å². The first-order chi connectivity index (χ1) is 10.2. The van der Waals surface area contributed by atoms with Crippen LogP contribution in [0.25, 0.3) is 0 Å². The highest BCUT2D eigenvalue weighted by atomic mass is 16.6. The van der Waals surface area contributed by atoms with Gasteiger partial charge in [0, 0.05) is 18.3 Å². The van der Waals surface area contributed by atoms with E-state index in [1.54, 1.807) is 0 Å². The standard InChI is InChI=1S/C16H17N.C3H6O/c1-13-11-15-9-5-6-10-16(15)17(13)12-14-7-3-2-4-8-14;1-3-2-4-3/h2-10,13H,11-12H2,1H3;3H,2H2,1H3. The molecule has 2 aromatic carbocycles. The van der Waals surface area contributed by atoms with Crippen LogP contribution in [0, 0.1) is 0 Å². The quantitative estimate of drug-likeness (QED) is 0.772. The maximum absolute atomic E-state index is 4.71. The van der Waals surface area contributed by atoms with Gasteiger partial charge in [0.25, 0.3) is 0 Å². The number of fused-ring (bicyclic) bond motifs is 1. The van der Waals surface area contributed by atoms with E-state index in [1.165, 1.54) is 23.2 Å². The molecule has 1 fully saturated rings. The Hall–Kier alpha value is -1.80. The summed E-state index contributed by atoms with van der Waals surface area (Å²) in [5, 5.41) is 0. The van der Waals surface area contributed by atoms with Crippen molar-refractivity contribution in [3.8, 4) is 0 Å². The Morgan fingerprint density at radius 1 is 1.00 bits per heavy atom. The molecule has 0 radical (unpaired) electrons. The van der Waals surface area contributed by atoms with Crippen molar-refractivity contribution in [2.75, 3.05) is 11.5 Å². The molecule has 2 nitrogen and oxygen atoms in total. The number of hydrogen-bond acceptors (Lipinski definition) is 2. The molecule has 2 unspecified atom stereocenters. The predicted octanol–water partition coefficient (Wildman–Crippen LogP) is 4.04. The Morgan fingerprint density at radius 3 is 2.29 bits per heavy atom. The maximum atomic E-state index is 4.71. The van der Waals surface area contributed by atoms with Gasteiger partial charge < -0.3 is 9.64 Å². The maximum Gasteiger partial charge on any atom is 0.0781 e. The van der Waals surface area contributed by atoms with Gasteiger partial charge in [0.15, 0.2) is 0 Å². The second kappa shape index (κ2) is 6.31. The van der Waals surface area contributed by atoms with Gasteiger partial charge in [0.2, 0.25) is 0 Å². The average Bonchev–Trinajstić information content (AvgIpc) is 3.23. The zero-order chi connectivity index (χ0) is 14.7. The molecular formula is C19H23NO. The molecule has 2 aliphatic rings. The van der Waals surface area contributed by atoms with Crippen LogP contribution in [-0.2, 0) is 17.7 Å². The predicted molar refractivity (Wildman–Crippen MR) is 87.6 cm³/mol. The highest BCUT2D eigenvalue weighted by molar-refractivity contribution is 5.59. The second-order valence-electron chi connectivity index (χ2n) is 5.94. The highest BCUT2D eigenvalue weighted by Crippen LogP contribution is 2.32. The van der Waals surface area contributed by atoms with E-state index >= 15 is 0 Å². The molecule has 0 aromatic heterocycles. The monoisotopic (exact) mass is 281 g/mol. The molecule has 1 saturated heterocycles. The molecule has 2 atom stereocenters. The lowest BCUT2D eigenvalue weighted by atomic mass is 10.1. The number of anilines is 1. The summed E-state index contributed by atoms with van der Waals surface area (Å²) in [6, 6.07) is 20.1. The molecule has 0 spiro atoms. The third-order valence-electron chi connectivity index (χ3n) is 4.04. The smallest absolute Gasteiger partial charge is 0.0781 e. The van der Waals surface area contributed by atoms with E-state index in [9.17, 15) is 0 Å². The van der Waals surface area contributed by atoms with E-state index < -0.39 is 0 Å². The normalized spacial score (nSPS) is 22.3. The zero-order valence-electron chi connectivity index (χ0n) is 12.8. The van der Waals surface area contributed by atoms with E-state index in [4.69, 9.17) is 4.74 Å². The Kier molecular flexibility index (Phi) is 4.26. The van der Waals surface area contributed by atoms with Crippen molar-refractivity contribution in [1.29, 1.82) is 0 Å². The fourth-order valence-electron chi connectivity index (χ4n) is 2.75. The van der Waals surface area contributed by atoms with E-state index in [0.29, 0.717) is 12.1 Å². The number of para-hydroxylation sites is 1. The van der Waals surface area contributed by atoms with Crippen LogP contribution in [0.2, 0.25) is 0 Å². The van der Waals surface area contributed by atoms with Gasteiger partial charge in [0.1, 0.15) is 0 Å². The number of epoxide rings is 1. The summed E-state index contributed by atoms with van der Waals surface area (Å²) < 4.78 is 4.71. The van der Waals surface area contributed by atoms with E-state index in [0.717, 1.165) is 13.2 Å². The molecule has 21 heavy (non-hydrogen) atoms. The van der Waals surface area contributed by atoms with Crippen LogP contribution in [0.3, 0.4) is 0 Å². The number of benzene rings is 2. The lowest BCUT2D eigenvalue weighted by Gasteiger charge is -2.25. The Bertz CT molecular complexity index is 577. The molecule has 2 aromatic rings. The number of rotatable bonds is 2. The first-order valence-corrected chi connectivity index (χ1v) is 7.74. The molecule has 0 saturated carbocycles. The molecule has 110 valence electrons. The summed E-state index contributed by atoms with van der Waals surface area (Å²) in [4.78, 5) is 2.50. The summed E-state index contributed by atoms with van der Waals surface area (Å²) in [7, 11) is 0. The third kappa shape index (κ3) is 3.64. The van der Waals surface area contributed by atoms with Crippen LogP contribution < -0.4 is 4.90 Å². The first-order valence-electron chi connectivity index (χ1n) is 7.74. The average molecular weight is 281 g/mol. The minimum absolute atomic E-state index is 0.583. The van der Waals surface area contributed by atoms with Crippen molar-refractivity contribution in [2.24, 2.45) is 0 Å². The first kappa shape index (κ1) is 14.2. The summed E-state index contributed by atoms with van der Waals surface area (Å²) in [5.74, 6) is 0. The third-order valence-corrected chi connectivity index (χ3v) is 4.04. The van der Waals surface area contributed by atoms with Crippen LogP contribution in [0.15, 0.2) is 54.6 Å². The van der Waals surface area contributed by atoms with Gasteiger partial charge in [0.05, 0.1) is 12.7 Å². The molecule has 2 heterocycles. The van der Waals surface area contributed by atoms with Gasteiger partial charge in [-0.05, 0) is 37.5 Å². The Balaban J connectivity index is 0.000000287. The summed E-state index contributed by atoms with van der Waals surface area (Å²) >= 11 is 0. The molecule has 2 aliphatic heterocycles.